The van der Waals surface area contributed by atoms with E-state index in [1.54, 1.807) is 42.2 Å². The molecule has 0 bridgehead atoms. The quantitative estimate of drug-likeness (QED) is 0.441. The topological polar surface area (TPSA) is 78.7 Å². The number of nitrogen functional groups attached to an aromatic ring is 1. The number of carbonyl (C=O) groups excluding carboxylic acids is 2. The van der Waals surface area contributed by atoms with Gasteiger partial charge in [-0.2, -0.15) is 0 Å². The predicted molar refractivity (Wildman–Crippen MR) is 137 cm³/mol. The van der Waals surface area contributed by atoms with E-state index in [4.69, 9.17) is 17.3 Å². The molecule has 5 rings (SSSR count). The molecule has 174 valence electrons. The highest BCUT2D eigenvalue weighted by Crippen LogP contribution is 2.46. The lowest BCUT2D eigenvalue weighted by atomic mass is 9.71. The number of hydrogen-bond acceptors (Lipinski definition) is 5. The molecule has 0 radical (unpaired) electrons. The van der Waals surface area contributed by atoms with Crippen molar-refractivity contribution >= 4 is 40.4 Å². The van der Waals surface area contributed by atoms with Crippen LogP contribution in [0.25, 0.3) is 0 Å². The summed E-state index contributed by atoms with van der Waals surface area (Å²) in [5.41, 5.74) is 8.59. The second-order valence-electron chi connectivity index (χ2n) is 9.01. The van der Waals surface area contributed by atoms with Gasteiger partial charge in [0.05, 0.1) is 23.5 Å². The number of nitrogens with two attached hydrogens (primary N) is 1. The molecule has 3 aromatic carbocycles. The summed E-state index contributed by atoms with van der Waals surface area (Å²) in [6.45, 7) is 5.21. The smallest absolute Gasteiger partial charge is 0.245 e. The van der Waals surface area contributed by atoms with E-state index in [0.717, 1.165) is 37.4 Å². The third kappa shape index (κ3) is 3.73. The molecular weight excluding hydrogens is 448 g/mol. The van der Waals surface area contributed by atoms with Gasteiger partial charge in [0, 0.05) is 36.9 Å². The maximum absolute atomic E-state index is 14.2. The van der Waals surface area contributed by atoms with Gasteiger partial charge in [0.15, 0.2) is 5.78 Å². The normalized spacial score (nSPS) is 20.4. The van der Waals surface area contributed by atoms with Crippen LogP contribution in [0.5, 0.6) is 0 Å². The molecule has 0 aromatic heterocycles. The van der Waals surface area contributed by atoms with E-state index in [1.807, 2.05) is 36.4 Å². The van der Waals surface area contributed by atoms with Crippen LogP contribution in [0, 0.1) is 0 Å². The van der Waals surface area contributed by atoms with Gasteiger partial charge in [-0.25, -0.2) is 0 Å². The SMILES string of the molecule is CC1(c2ccc(N)cc2)C(=O)c2c(N3CCNCC3)cc(Cl)cc2N(Cc2ccccc2)C1=O. The second kappa shape index (κ2) is 8.78. The Morgan fingerprint density at radius 2 is 1.62 bits per heavy atom. The maximum Gasteiger partial charge on any atom is 0.245 e. The Morgan fingerprint density at radius 1 is 0.971 bits per heavy atom. The van der Waals surface area contributed by atoms with Crippen LogP contribution in [0.1, 0.15) is 28.4 Å². The van der Waals surface area contributed by atoms with Crippen LogP contribution in [0.15, 0.2) is 66.7 Å². The molecule has 0 aliphatic carbocycles. The molecule has 3 aromatic rings. The van der Waals surface area contributed by atoms with Gasteiger partial charge in [-0.05, 0) is 42.3 Å². The number of ketones is 1. The van der Waals surface area contributed by atoms with Crippen molar-refractivity contribution in [2.45, 2.75) is 18.9 Å². The lowest BCUT2D eigenvalue weighted by molar-refractivity contribution is -0.122. The zero-order valence-electron chi connectivity index (χ0n) is 19.1. The first kappa shape index (κ1) is 22.4. The maximum atomic E-state index is 14.2. The minimum Gasteiger partial charge on any atom is -0.399 e. The van der Waals surface area contributed by atoms with Crippen molar-refractivity contribution in [1.82, 2.24) is 5.32 Å². The highest BCUT2D eigenvalue weighted by Gasteiger charge is 2.52. The molecule has 1 fully saturated rings. The fourth-order valence-corrected chi connectivity index (χ4v) is 5.11. The van der Waals surface area contributed by atoms with E-state index in [1.165, 1.54) is 0 Å². The van der Waals surface area contributed by atoms with Gasteiger partial charge in [-0.1, -0.05) is 54.1 Å². The number of piperazine rings is 1. The van der Waals surface area contributed by atoms with Gasteiger partial charge in [0.25, 0.3) is 0 Å². The monoisotopic (exact) mass is 474 g/mol. The highest BCUT2D eigenvalue weighted by atomic mass is 35.5. The number of anilines is 3. The lowest BCUT2D eigenvalue weighted by Gasteiger charge is -2.42. The Bertz CT molecular complexity index is 1240. The first-order valence-electron chi connectivity index (χ1n) is 11.5. The minimum absolute atomic E-state index is 0.216. The number of nitrogens with one attached hydrogen (secondary N) is 1. The third-order valence-electron chi connectivity index (χ3n) is 6.84. The minimum atomic E-state index is -1.38. The molecule has 7 heteroatoms. The number of Topliss-reactive ketones (excluding diaryl/α,β-unsaturated/α-hetero) is 1. The summed E-state index contributed by atoms with van der Waals surface area (Å²) in [6.07, 6.45) is 0. The summed E-state index contributed by atoms with van der Waals surface area (Å²) in [4.78, 5) is 32.2. The summed E-state index contributed by atoms with van der Waals surface area (Å²) in [6, 6.07) is 20.4. The van der Waals surface area contributed by atoms with E-state index in [0.29, 0.717) is 34.1 Å². The van der Waals surface area contributed by atoms with Crippen molar-refractivity contribution < 1.29 is 9.59 Å². The Labute approximate surface area is 204 Å². The van der Waals surface area contributed by atoms with E-state index in [2.05, 4.69) is 10.2 Å². The van der Waals surface area contributed by atoms with Gasteiger partial charge in [0.1, 0.15) is 5.41 Å². The summed E-state index contributed by atoms with van der Waals surface area (Å²) >= 11 is 6.56. The van der Waals surface area contributed by atoms with E-state index in [9.17, 15) is 9.59 Å². The van der Waals surface area contributed by atoms with Crippen LogP contribution in [-0.2, 0) is 16.8 Å². The molecule has 2 aliphatic heterocycles. The Hall–Kier alpha value is -3.35. The molecule has 1 saturated heterocycles. The van der Waals surface area contributed by atoms with Crippen LogP contribution >= 0.6 is 11.6 Å². The molecule has 2 heterocycles. The Balaban J connectivity index is 1.72. The predicted octanol–water partition coefficient (Wildman–Crippen LogP) is 4.02. The van der Waals surface area contributed by atoms with Crippen molar-refractivity contribution in [2.24, 2.45) is 0 Å². The zero-order chi connectivity index (χ0) is 23.9. The van der Waals surface area contributed by atoms with Crippen molar-refractivity contribution in [3.05, 3.63) is 88.4 Å². The van der Waals surface area contributed by atoms with Crippen molar-refractivity contribution in [1.29, 1.82) is 0 Å². The largest absolute Gasteiger partial charge is 0.399 e. The fourth-order valence-electron chi connectivity index (χ4n) is 4.90. The van der Waals surface area contributed by atoms with Gasteiger partial charge in [0.2, 0.25) is 5.91 Å². The number of carbonyl (C=O) groups is 2. The van der Waals surface area contributed by atoms with Crippen molar-refractivity contribution in [3.63, 3.8) is 0 Å². The fraction of sp³-hybridized carbons (Fsp3) is 0.259. The van der Waals surface area contributed by atoms with Gasteiger partial charge < -0.3 is 20.9 Å². The van der Waals surface area contributed by atoms with E-state index < -0.39 is 5.41 Å². The summed E-state index contributed by atoms with van der Waals surface area (Å²) in [7, 11) is 0. The second-order valence-corrected chi connectivity index (χ2v) is 9.45. The average Bonchev–Trinajstić information content (AvgIpc) is 2.86. The third-order valence-corrected chi connectivity index (χ3v) is 7.05. The molecule has 6 nitrogen and oxygen atoms in total. The summed E-state index contributed by atoms with van der Waals surface area (Å²) in [5, 5.41) is 3.85. The summed E-state index contributed by atoms with van der Waals surface area (Å²) in [5.74, 6) is -0.487. The molecule has 1 unspecified atom stereocenters. The lowest BCUT2D eigenvalue weighted by Crippen LogP contribution is -2.55. The first-order valence-corrected chi connectivity index (χ1v) is 11.8. The number of fused-ring (bicyclic) bond motifs is 1. The molecular formula is C27H27ClN4O2. The molecule has 0 spiro atoms. The van der Waals surface area contributed by atoms with E-state index in [-0.39, 0.29) is 11.7 Å². The molecule has 2 aliphatic rings. The molecule has 1 amide bonds. The number of hydrogen-bond donors (Lipinski definition) is 2. The highest BCUT2D eigenvalue weighted by molar-refractivity contribution is 6.34. The molecule has 34 heavy (non-hydrogen) atoms. The van der Waals surface area contributed by atoms with Crippen LogP contribution < -0.4 is 20.9 Å². The zero-order valence-corrected chi connectivity index (χ0v) is 19.8. The van der Waals surface area contributed by atoms with Gasteiger partial charge in [-0.15, -0.1) is 0 Å². The molecule has 1 atom stereocenters. The first-order chi connectivity index (χ1) is 16.4. The Morgan fingerprint density at radius 3 is 2.29 bits per heavy atom. The van der Waals surface area contributed by atoms with Gasteiger partial charge >= 0.3 is 0 Å². The van der Waals surface area contributed by atoms with Crippen LogP contribution in [-0.4, -0.2) is 37.9 Å². The van der Waals surface area contributed by atoms with Crippen LogP contribution in [0.3, 0.4) is 0 Å². The van der Waals surface area contributed by atoms with Gasteiger partial charge in [-0.3, -0.25) is 9.59 Å². The standard InChI is InChI=1S/C27H27ClN4O2/c1-27(19-7-9-21(29)10-8-19)25(33)24-22(31-13-11-30-12-14-31)15-20(28)16-23(24)32(26(27)34)17-18-5-3-2-4-6-18/h2-10,15-16,30H,11-14,17,29H2,1H3. The average molecular weight is 475 g/mol. The van der Waals surface area contributed by atoms with Crippen LogP contribution in [0.4, 0.5) is 17.1 Å². The van der Waals surface area contributed by atoms with Crippen LogP contribution in [0.2, 0.25) is 5.02 Å². The molecule has 0 saturated carbocycles. The number of benzene rings is 3. The number of rotatable bonds is 4. The van der Waals surface area contributed by atoms with Crippen molar-refractivity contribution in [2.75, 3.05) is 41.7 Å². The number of nitrogens with zero attached hydrogens (tertiary/aromatic N) is 2. The summed E-state index contributed by atoms with van der Waals surface area (Å²) < 4.78 is 0. The molecule has 3 N–H and O–H groups in total. The number of halogens is 1. The number of amides is 1. The van der Waals surface area contributed by atoms with E-state index >= 15 is 0 Å². The Kier molecular flexibility index (Phi) is 5.80. The van der Waals surface area contributed by atoms with Crippen molar-refractivity contribution in [3.8, 4) is 0 Å².